The predicted molar refractivity (Wildman–Crippen MR) is 71.3 cm³/mol. The maximum atomic E-state index is 5.91. The van der Waals surface area contributed by atoms with Gasteiger partial charge in [-0.2, -0.15) is 0 Å². The zero-order valence-electron chi connectivity index (χ0n) is 10.2. The van der Waals surface area contributed by atoms with Gasteiger partial charge in [-0.3, -0.25) is 5.84 Å². The third-order valence-electron chi connectivity index (χ3n) is 2.81. The number of benzene rings is 1. The molecule has 2 unspecified atom stereocenters. The lowest BCUT2D eigenvalue weighted by Gasteiger charge is -2.25. The SMILES string of the molecule is CC(Oc1cccc(Cl)c1)C(NN)C1=CCCO1. The van der Waals surface area contributed by atoms with Crippen LogP contribution in [0, 0.1) is 0 Å². The average Bonchev–Trinajstić information content (AvgIpc) is 2.83. The standard InChI is InChI=1S/C13H17ClN2O2/c1-9(13(16-15)12-6-3-7-17-12)18-11-5-2-4-10(14)8-11/h2,4-6,8-9,13,16H,3,7,15H2,1H3. The molecule has 1 aliphatic rings. The van der Waals surface area contributed by atoms with Crippen LogP contribution in [0.15, 0.2) is 36.1 Å². The van der Waals surface area contributed by atoms with E-state index in [1.807, 2.05) is 25.1 Å². The number of halogens is 1. The zero-order chi connectivity index (χ0) is 13.0. The van der Waals surface area contributed by atoms with E-state index in [-0.39, 0.29) is 12.1 Å². The number of rotatable bonds is 5. The van der Waals surface area contributed by atoms with Crippen LogP contribution in [0.5, 0.6) is 5.75 Å². The summed E-state index contributed by atoms with van der Waals surface area (Å²) in [6.07, 6.45) is 2.79. The summed E-state index contributed by atoms with van der Waals surface area (Å²) in [6, 6.07) is 7.13. The van der Waals surface area contributed by atoms with Crippen molar-refractivity contribution in [3.8, 4) is 5.75 Å². The first-order valence-electron chi connectivity index (χ1n) is 5.92. The summed E-state index contributed by atoms with van der Waals surface area (Å²) in [4.78, 5) is 0. The Morgan fingerprint density at radius 3 is 2.94 bits per heavy atom. The molecule has 2 rings (SSSR count). The van der Waals surface area contributed by atoms with Crippen LogP contribution < -0.4 is 16.0 Å². The molecule has 0 saturated heterocycles. The van der Waals surface area contributed by atoms with Crippen LogP contribution in [0.1, 0.15) is 13.3 Å². The third-order valence-corrected chi connectivity index (χ3v) is 3.04. The van der Waals surface area contributed by atoms with E-state index >= 15 is 0 Å². The van der Waals surface area contributed by atoms with E-state index in [1.165, 1.54) is 0 Å². The molecule has 1 aromatic rings. The van der Waals surface area contributed by atoms with Gasteiger partial charge < -0.3 is 9.47 Å². The Bertz CT molecular complexity index is 437. The summed E-state index contributed by atoms with van der Waals surface area (Å²) in [5.74, 6) is 7.12. The summed E-state index contributed by atoms with van der Waals surface area (Å²) in [7, 11) is 0. The highest BCUT2D eigenvalue weighted by atomic mass is 35.5. The minimum Gasteiger partial charge on any atom is -0.496 e. The normalized spacial score (nSPS) is 17.8. The van der Waals surface area contributed by atoms with Gasteiger partial charge in [-0.25, -0.2) is 5.43 Å². The monoisotopic (exact) mass is 268 g/mol. The van der Waals surface area contributed by atoms with Gasteiger partial charge in [0.15, 0.2) is 0 Å². The molecule has 0 spiro atoms. The largest absolute Gasteiger partial charge is 0.496 e. The molecular formula is C13H17ClN2O2. The van der Waals surface area contributed by atoms with E-state index in [0.717, 1.165) is 12.2 Å². The molecule has 0 saturated carbocycles. The maximum Gasteiger partial charge on any atom is 0.121 e. The lowest BCUT2D eigenvalue weighted by atomic mass is 10.1. The number of hydrogen-bond acceptors (Lipinski definition) is 4. The number of hydrogen-bond donors (Lipinski definition) is 2. The fourth-order valence-corrected chi connectivity index (χ4v) is 2.11. The van der Waals surface area contributed by atoms with E-state index < -0.39 is 0 Å². The van der Waals surface area contributed by atoms with Crippen molar-refractivity contribution >= 4 is 11.6 Å². The second-order valence-corrected chi connectivity index (χ2v) is 4.60. The van der Waals surface area contributed by atoms with Crippen molar-refractivity contribution in [3.63, 3.8) is 0 Å². The van der Waals surface area contributed by atoms with E-state index in [0.29, 0.717) is 17.4 Å². The average molecular weight is 269 g/mol. The van der Waals surface area contributed by atoms with Gasteiger partial charge in [-0.05, 0) is 31.2 Å². The highest BCUT2D eigenvalue weighted by Crippen LogP contribution is 2.22. The van der Waals surface area contributed by atoms with E-state index in [4.69, 9.17) is 26.9 Å². The topological polar surface area (TPSA) is 56.5 Å². The van der Waals surface area contributed by atoms with Gasteiger partial charge in [0.2, 0.25) is 0 Å². The first-order chi connectivity index (χ1) is 8.70. The first kappa shape index (κ1) is 13.2. The molecule has 3 N–H and O–H groups in total. The maximum absolute atomic E-state index is 5.91. The fourth-order valence-electron chi connectivity index (χ4n) is 1.93. The quantitative estimate of drug-likeness (QED) is 0.635. The smallest absolute Gasteiger partial charge is 0.121 e. The van der Waals surface area contributed by atoms with Crippen molar-refractivity contribution in [1.82, 2.24) is 5.43 Å². The molecule has 4 nitrogen and oxygen atoms in total. The van der Waals surface area contributed by atoms with Gasteiger partial charge in [0, 0.05) is 11.4 Å². The van der Waals surface area contributed by atoms with Crippen LogP contribution >= 0.6 is 11.6 Å². The third kappa shape index (κ3) is 3.16. The van der Waals surface area contributed by atoms with Crippen molar-refractivity contribution in [2.24, 2.45) is 5.84 Å². The van der Waals surface area contributed by atoms with Gasteiger partial charge in [0.25, 0.3) is 0 Å². The van der Waals surface area contributed by atoms with Crippen molar-refractivity contribution in [3.05, 3.63) is 41.1 Å². The number of nitrogens with two attached hydrogens (primary N) is 1. The molecule has 2 atom stereocenters. The van der Waals surface area contributed by atoms with Gasteiger partial charge >= 0.3 is 0 Å². The van der Waals surface area contributed by atoms with Crippen molar-refractivity contribution < 1.29 is 9.47 Å². The minimum absolute atomic E-state index is 0.155. The lowest BCUT2D eigenvalue weighted by molar-refractivity contribution is 0.135. The summed E-state index contributed by atoms with van der Waals surface area (Å²) in [5, 5.41) is 0.647. The molecule has 0 amide bonds. The molecule has 1 aromatic carbocycles. The second kappa shape index (κ2) is 6.09. The van der Waals surface area contributed by atoms with Crippen molar-refractivity contribution in [1.29, 1.82) is 0 Å². The van der Waals surface area contributed by atoms with E-state index in [2.05, 4.69) is 5.43 Å². The molecule has 0 bridgehead atoms. The molecule has 5 heteroatoms. The van der Waals surface area contributed by atoms with Crippen LogP contribution in [-0.2, 0) is 4.74 Å². The predicted octanol–water partition coefficient (Wildman–Crippen LogP) is 2.24. The highest BCUT2D eigenvalue weighted by molar-refractivity contribution is 6.30. The Balaban J connectivity index is 2.03. The molecule has 0 aromatic heterocycles. The summed E-state index contributed by atoms with van der Waals surface area (Å²) in [5.41, 5.74) is 2.73. The Kier molecular flexibility index (Phi) is 4.47. The Morgan fingerprint density at radius 1 is 1.50 bits per heavy atom. The van der Waals surface area contributed by atoms with E-state index in [1.54, 1.807) is 12.1 Å². The van der Waals surface area contributed by atoms with Crippen LogP contribution in [0.4, 0.5) is 0 Å². The number of ether oxygens (including phenoxy) is 2. The summed E-state index contributed by atoms with van der Waals surface area (Å²) >= 11 is 5.91. The number of nitrogens with one attached hydrogen (secondary N) is 1. The molecular weight excluding hydrogens is 252 g/mol. The molecule has 98 valence electrons. The van der Waals surface area contributed by atoms with Gasteiger partial charge in [-0.1, -0.05) is 17.7 Å². The fraction of sp³-hybridized carbons (Fsp3) is 0.385. The summed E-state index contributed by atoms with van der Waals surface area (Å²) < 4.78 is 11.3. The summed E-state index contributed by atoms with van der Waals surface area (Å²) in [6.45, 7) is 2.64. The molecule has 1 aliphatic heterocycles. The molecule has 0 radical (unpaired) electrons. The lowest BCUT2D eigenvalue weighted by Crippen LogP contribution is -2.46. The molecule has 0 aliphatic carbocycles. The van der Waals surface area contributed by atoms with Crippen LogP contribution in [0.3, 0.4) is 0 Å². The van der Waals surface area contributed by atoms with Gasteiger partial charge in [-0.15, -0.1) is 0 Å². The zero-order valence-corrected chi connectivity index (χ0v) is 11.0. The molecule has 1 heterocycles. The van der Waals surface area contributed by atoms with E-state index in [9.17, 15) is 0 Å². The van der Waals surface area contributed by atoms with Crippen molar-refractivity contribution in [2.45, 2.75) is 25.5 Å². The first-order valence-corrected chi connectivity index (χ1v) is 6.29. The number of hydrazine groups is 1. The second-order valence-electron chi connectivity index (χ2n) is 4.17. The van der Waals surface area contributed by atoms with Crippen LogP contribution in [0.2, 0.25) is 5.02 Å². The minimum atomic E-state index is -0.161. The van der Waals surface area contributed by atoms with Gasteiger partial charge in [0.1, 0.15) is 23.7 Å². The van der Waals surface area contributed by atoms with Crippen LogP contribution in [-0.4, -0.2) is 18.8 Å². The van der Waals surface area contributed by atoms with Crippen LogP contribution in [0.25, 0.3) is 0 Å². The highest BCUT2D eigenvalue weighted by Gasteiger charge is 2.25. The Hall–Kier alpha value is -1.23. The van der Waals surface area contributed by atoms with Crippen molar-refractivity contribution in [2.75, 3.05) is 6.61 Å². The Morgan fingerprint density at radius 2 is 2.33 bits per heavy atom. The molecule has 18 heavy (non-hydrogen) atoms. The Labute approximate surface area is 112 Å². The molecule has 0 fully saturated rings. The van der Waals surface area contributed by atoms with Gasteiger partial charge in [0.05, 0.1) is 6.61 Å².